The molecule has 0 saturated heterocycles. The Morgan fingerprint density at radius 1 is 1.12 bits per heavy atom. The largest absolute Gasteiger partial charge is 0.290 e. The van der Waals surface area contributed by atoms with Gasteiger partial charge in [0.05, 0.1) is 0 Å². The number of allylic oxidation sites excluding steroid dienone is 10. The fraction of sp³-hybridized carbons (Fsp3) is 0.0714. The van der Waals surface area contributed by atoms with Gasteiger partial charge in [0.25, 0.3) is 0 Å². The van der Waals surface area contributed by atoms with Gasteiger partial charge in [0.15, 0.2) is 5.78 Å². The molecule has 0 saturated carbocycles. The first-order valence-corrected chi connectivity index (χ1v) is 5.31. The summed E-state index contributed by atoms with van der Waals surface area (Å²) in [7, 11) is 0. The van der Waals surface area contributed by atoms with Gasteiger partial charge in [-0.2, -0.15) is 0 Å². The maximum Gasteiger partial charge on any atom is 0.178 e. The summed E-state index contributed by atoms with van der Waals surface area (Å²) in [5.41, 5.74) is 3.09. The van der Waals surface area contributed by atoms with Crippen molar-refractivity contribution in [3.05, 3.63) is 71.7 Å². The number of ketones is 1. The highest BCUT2D eigenvalue weighted by atomic mass is 16.5. The van der Waals surface area contributed by atoms with Crippen LogP contribution < -0.4 is 0 Å². The first kappa shape index (κ1) is 11.4. The van der Waals surface area contributed by atoms with E-state index >= 15 is 0 Å². The smallest absolute Gasteiger partial charge is 0.178 e. The lowest BCUT2D eigenvalue weighted by Crippen LogP contribution is -2.04. The third-order valence-electron chi connectivity index (χ3n) is 2.53. The van der Waals surface area contributed by atoms with Crippen LogP contribution in [0.1, 0.15) is 6.92 Å². The molecule has 0 aromatic carbocycles. The summed E-state index contributed by atoms with van der Waals surface area (Å²) in [6, 6.07) is 0. The normalized spacial score (nSPS) is 18.0. The van der Waals surface area contributed by atoms with E-state index in [0.717, 1.165) is 21.8 Å². The number of nitrogens with zero attached hydrogens (tertiary/aromatic N) is 1. The van der Waals surface area contributed by atoms with Crippen LogP contribution in [0.15, 0.2) is 71.7 Å². The number of carbonyl (C=O) groups is 1. The molecule has 3 heteroatoms. The van der Waals surface area contributed by atoms with Crippen molar-refractivity contribution in [2.45, 2.75) is 6.92 Å². The Bertz CT molecular complexity index is 482. The number of hydrogen-bond donors (Lipinski definition) is 1. The lowest BCUT2D eigenvalue weighted by atomic mass is 10.0. The highest BCUT2D eigenvalue weighted by Gasteiger charge is 2.02. The third-order valence-corrected chi connectivity index (χ3v) is 2.53. The van der Waals surface area contributed by atoms with Crippen molar-refractivity contribution < 1.29 is 10.0 Å². The first-order valence-electron chi connectivity index (χ1n) is 5.31. The van der Waals surface area contributed by atoms with E-state index in [4.69, 9.17) is 5.21 Å². The zero-order valence-electron chi connectivity index (χ0n) is 9.50. The van der Waals surface area contributed by atoms with Gasteiger partial charge in [0, 0.05) is 12.4 Å². The van der Waals surface area contributed by atoms with Crippen molar-refractivity contribution in [1.82, 2.24) is 5.06 Å². The van der Waals surface area contributed by atoms with E-state index in [-0.39, 0.29) is 5.78 Å². The Kier molecular flexibility index (Phi) is 3.21. The Labute approximate surface area is 100 Å². The summed E-state index contributed by atoms with van der Waals surface area (Å²) in [5.74, 6) is 0.0147. The topological polar surface area (TPSA) is 40.5 Å². The van der Waals surface area contributed by atoms with Crippen molar-refractivity contribution in [3.63, 3.8) is 0 Å². The van der Waals surface area contributed by atoms with E-state index in [9.17, 15) is 4.79 Å². The summed E-state index contributed by atoms with van der Waals surface area (Å²) in [6.45, 7) is 1.99. The van der Waals surface area contributed by atoms with Gasteiger partial charge in [-0.15, -0.1) is 0 Å². The molecule has 2 aliphatic rings. The first-order chi connectivity index (χ1) is 8.15. The summed E-state index contributed by atoms with van der Waals surface area (Å²) >= 11 is 0. The van der Waals surface area contributed by atoms with Crippen molar-refractivity contribution in [3.8, 4) is 0 Å². The zero-order chi connectivity index (χ0) is 12.3. The van der Waals surface area contributed by atoms with E-state index < -0.39 is 0 Å². The molecule has 1 heterocycles. The van der Waals surface area contributed by atoms with Crippen molar-refractivity contribution >= 4 is 5.78 Å². The van der Waals surface area contributed by atoms with Crippen LogP contribution >= 0.6 is 0 Å². The third kappa shape index (κ3) is 2.92. The molecule has 0 aromatic rings. The molecule has 0 spiro atoms. The van der Waals surface area contributed by atoms with Gasteiger partial charge in [0.1, 0.15) is 0 Å². The molecular weight excluding hydrogens is 214 g/mol. The fourth-order valence-electron chi connectivity index (χ4n) is 1.58. The predicted molar refractivity (Wildman–Crippen MR) is 66.0 cm³/mol. The van der Waals surface area contributed by atoms with Crippen LogP contribution in [0, 0.1) is 0 Å². The number of carbonyl (C=O) groups excluding carboxylic acids is 1. The Morgan fingerprint density at radius 2 is 1.71 bits per heavy atom. The minimum Gasteiger partial charge on any atom is -0.290 e. The molecule has 0 atom stereocenters. The van der Waals surface area contributed by atoms with Crippen LogP contribution in [0.2, 0.25) is 0 Å². The van der Waals surface area contributed by atoms with Crippen LogP contribution in [0.25, 0.3) is 0 Å². The molecule has 0 unspecified atom stereocenters. The van der Waals surface area contributed by atoms with Gasteiger partial charge >= 0.3 is 0 Å². The van der Waals surface area contributed by atoms with Gasteiger partial charge in [-0.05, 0) is 47.9 Å². The van der Waals surface area contributed by atoms with E-state index in [1.54, 1.807) is 36.7 Å². The molecule has 1 aliphatic heterocycles. The van der Waals surface area contributed by atoms with Gasteiger partial charge in [-0.1, -0.05) is 18.2 Å². The zero-order valence-corrected chi connectivity index (χ0v) is 9.50. The molecule has 2 rings (SSSR count). The monoisotopic (exact) mass is 227 g/mol. The van der Waals surface area contributed by atoms with Crippen LogP contribution in [-0.2, 0) is 4.79 Å². The van der Waals surface area contributed by atoms with Crippen LogP contribution in [0.3, 0.4) is 0 Å². The lowest BCUT2D eigenvalue weighted by molar-refractivity contribution is -0.110. The summed E-state index contributed by atoms with van der Waals surface area (Å²) in [4.78, 5) is 11.0. The lowest BCUT2D eigenvalue weighted by Gasteiger charge is -2.11. The number of hydrogen-bond acceptors (Lipinski definition) is 3. The minimum absolute atomic E-state index is 0.0147. The van der Waals surface area contributed by atoms with Crippen molar-refractivity contribution in [1.29, 1.82) is 0 Å². The molecular formula is C14H13NO2. The minimum atomic E-state index is 0.0147. The molecule has 0 amide bonds. The van der Waals surface area contributed by atoms with Crippen molar-refractivity contribution in [2.24, 2.45) is 0 Å². The number of hydroxylamine groups is 2. The predicted octanol–water partition coefficient (Wildman–Crippen LogP) is 2.66. The highest BCUT2D eigenvalue weighted by Crippen LogP contribution is 2.17. The van der Waals surface area contributed by atoms with E-state index in [1.807, 2.05) is 25.2 Å². The summed E-state index contributed by atoms with van der Waals surface area (Å²) in [5, 5.41) is 10.1. The van der Waals surface area contributed by atoms with Crippen molar-refractivity contribution in [2.75, 3.05) is 0 Å². The Morgan fingerprint density at radius 3 is 2.29 bits per heavy atom. The second-order valence-corrected chi connectivity index (χ2v) is 3.86. The molecule has 0 fully saturated rings. The second kappa shape index (κ2) is 4.80. The van der Waals surface area contributed by atoms with Crippen LogP contribution in [0.4, 0.5) is 0 Å². The van der Waals surface area contributed by atoms with Gasteiger partial charge in [-0.25, -0.2) is 5.06 Å². The Balaban J connectivity index is 2.22. The molecule has 17 heavy (non-hydrogen) atoms. The molecule has 1 N–H and O–H groups in total. The van der Waals surface area contributed by atoms with Gasteiger partial charge < -0.3 is 0 Å². The van der Waals surface area contributed by atoms with Crippen LogP contribution in [-0.4, -0.2) is 16.1 Å². The Hall–Kier alpha value is -2.13. The van der Waals surface area contributed by atoms with E-state index in [1.165, 1.54) is 0 Å². The second-order valence-electron chi connectivity index (χ2n) is 3.86. The molecule has 3 nitrogen and oxygen atoms in total. The standard InChI is InChI=1S/C14H13NO2/c1-11(13-6-8-15(17)9-7-13)10-12-2-4-14(16)5-3-12/h2-10,17H,1H3. The maximum absolute atomic E-state index is 11.0. The van der Waals surface area contributed by atoms with Crippen LogP contribution in [0.5, 0.6) is 0 Å². The molecule has 86 valence electrons. The molecule has 1 aliphatic carbocycles. The average molecular weight is 227 g/mol. The summed E-state index contributed by atoms with van der Waals surface area (Å²) in [6.07, 6.45) is 15.5. The number of rotatable bonds is 1. The SMILES string of the molecule is CC(C=C1C=CC(=O)C=C1)=C1C=CN(O)C=C1. The molecule has 0 aromatic heterocycles. The highest BCUT2D eigenvalue weighted by molar-refractivity contribution is 6.01. The molecule has 0 radical (unpaired) electrons. The van der Waals surface area contributed by atoms with Gasteiger partial charge in [0.2, 0.25) is 0 Å². The van der Waals surface area contributed by atoms with E-state index in [2.05, 4.69) is 0 Å². The quantitative estimate of drug-likeness (QED) is 0.748. The van der Waals surface area contributed by atoms with E-state index in [0.29, 0.717) is 0 Å². The molecule has 0 bridgehead atoms. The fourth-order valence-corrected chi connectivity index (χ4v) is 1.58. The summed E-state index contributed by atoms with van der Waals surface area (Å²) < 4.78 is 0. The average Bonchev–Trinajstić information content (AvgIpc) is 2.33. The van der Waals surface area contributed by atoms with Gasteiger partial charge in [-0.3, -0.25) is 10.0 Å². The maximum atomic E-state index is 11.0.